The molecule has 0 bridgehead atoms. The average molecular weight is 264 g/mol. The van der Waals surface area contributed by atoms with E-state index in [1.165, 1.54) is 19.3 Å². The van der Waals surface area contributed by atoms with Crippen LogP contribution in [0.3, 0.4) is 0 Å². The molecule has 0 aromatic heterocycles. The Balaban J connectivity index is 2.10. The molecular formula is C14H18ClN3. The zero-order chi connectivity index (χ0) is 13.0. The molecule has 1 aliphatic carbocycles. The second-order valence-electron chi connectivity index (χ2n) is 4.84. The first kappa shape index (κ1) is 13.2. The van der Waals surface area contributed by atoms with E-state index < -0.39 is 0 Å². The standard InChI is InChI=1S/C14H18ClN3/c15-12-7-10(8-16)5-6-14(12)18-13-4-2-1-3-11(13)9-17/h5-7,11,13,18H,1-4,9,17H2. The minimum Gasteiger partial charge on any atom is -0.381 e. The van der Waals surface area contributed by atoms with Crippen LogP contribution in [0.25, 0.3) is 0 Å². The molecule has 1 aromatic rings. The van der Waals surface area contributed by atoms with Gasteiger partial charge in [0.05, 0.1) is 22.3 Å². The van der Waals surface area contributed by atoms with E-state index >= 15 is 0 Å². The predicted octanol–water partition coefficient (Wildman–Crippen LogP) is 3.14. The number of nitrogens with two attached hydrogens (primary N) is 1. The Kier molecular flexibility index (Phi) is 4.46. The van der Waals surface area contributed by atoms with E-state index in [9.17, 15) is 0 Å². The van der Waals surface area contributed by atoms with Gasteiger partial charge in [-0.3, -0.25) is 0 Å². The lowest BCUT2D eigenvalue weighted by atomic mass is 9.84. The summed E-state index contributed by atoms with van der Waals surface area (Å²) in [6.07, 6.45) is 4.82. The largest absolute Gasteiger partial charge is 0.381 e. The van der Waals surface area contributed by atoms with Crippen molar-refractivity contribution in [1.29, 1.82) is 5.26 Å². The van der Waals surface area contributed by atoms with Crippen molar-refractivity contribution < 1.29 is 0 Å². The number of hydrogen-bond acceptors (Lipinski definition) is 3. The van der Waals surface area contributed by atoms with Crippen molar-refractivity contribution in [2.45, 2.75) is 31.7 Å². The van der Waals surface area contributed by atoms with Crippen LogP contribution in [0.15, 0.2) is 18.2 Å². The molecule has 0 amide bonds. The molecule has 0 aliphatic heterocycles. The van der Waals surface area contributed by atoms with Crippen LogP contribution in [-0.2, 0) is 0 Å². The molecule has 1 aliphatic rings. The Morgan fingerprint density at radius 2 is 2.17 bits per heavy atom. The van der Waals surface area contributed by atoms with Crippen LogP contribution >= 0.6 is 11.6 Å². The monoisotopic (exact) mass is 263 g/mol. The Morgan fingerprint density at radius 1 is 1.39 bits per heavy atom. The topological polar surface area (TPSA) is 61.8 Å². The quantitative estimate of drug-likeness (QED) is 0.881. The second-order valence-corrected chi connectivity index (χ2v) is 5.24. The van der Waals surface area contributed by atoms with Gasteiger partial charge in [-0.05, 0) is 43.5 Å². The first-order valence-corrected chi connectivity index (χ1v) is 6.78. The van der Waals surface area contributed by atoms with Crippen LogP contribution in [0.2, 0.25) is 5.02 Å². The van der Waals surface area contributed by atoms with E-state index in [2.05, 4.69) is 11.4 Å². The highest BCUT2D eigenvalue weighted by molar-refractivity contribution is 6.33. The van der Waals surface area contributed by atoms with Gasteiger partial charge >= 0.3 is 0 Å². The highest BCUT2D eigenvalue weighted by Gasteiger charge is 2.24. The normalized spacial score (nSPS) is 23.4. The van der Waals surface area contributed by atoms with Gasteiger partial charge in [-0.25, -0.2) is 0 Å². The number of nitriles is 1. The molecule has 0 radical (unpaired) electrons. The third-order valence-electron chi connectivity index (χ3n) is 3.65. The number of rotatable bonds is 3. The van der Waals surface area contributed by atoms with Crippen LogP contribution in [0, 0.1) is 17.2 Å². The lowest BCUT2D eigenvalue weighted by Crippen LogP contribution is -2.36. The van der Waals surface area contributed by atoms with Gasteiger partial charge in [0.1, 0.15) is 0 Å². The van der Waals surface area contributed by atoms with Crippen LogP contribution < -0.4 is 11.1 Å². The lowest BCUT2D eigenvalue weighted by molar-refractivity contribution is 0.332. The highest BCUT2D eigenvalue weighted by Crippen LogP contribution is 2.30. The fourth-order valence-electron chi connectivity index (χ4n) is 2.58. The Morgan fingerprint density at radius 3 is 2.83 bits per heavy atom. The molecule has 1 saturated carbocycles. The van der Waals surface area contributed by atoms with Gasteiger partial charge < -0.3 is 11.1 Å². The van der Waals surface area contributed by atoms with Gasteiger partial charge in [-0.15, -0.1) is 0 Å². The summed E-state index contributed by atoms with van der Waals surface area (Å²) in [4.78, 5) is 0. The van der Waals surface area contributed by atoms with E-state index in [0.29, 0.717) is 29.1 Å². The van der Waals surface area contributed by atoms with Crippen molar-refractivity contribution >= 4 is 17.3 Å². The maximum atomic E-state index is 8.81. The van der Waals surface area contributed by atoms with Crippen molar-refractivity contribution in [3.8, 4) is 6.07 Å². The molecule has 0 heterocycles. The molecular weight excluding hydrogens is 246 g/mol. The summed E-state index contributed by atoms with van der Waals surface area (Å²) in [5, 5.41) is 12.9. The van der Waals surface area contributed by atoms with Gasteiger partial charge in [0.25, 0.3) is 0 Å². The summed E-state index contributed by atoms with van der Waals surface area (Å²) in [7, 11) is 0. The molecule has 3 nitrogen and oxygen atoms in total. The highest BCUT2D eigenvalue weighted by atomic mass is 35.5. The fraction of sp³-hybridized carbons (Fsp3) is 0.500. The molecule has 1 aromatic carbocycles. The average Bonchev–Trinajstić information content (AvgIpc) is 2.41. The first-order valence-electron chi connectivity index (χ1n) is 6.41. The molecule has 2 rings (SSSR count). The molecule has 0 spiro atoms. The zero-order valence-corrected chi connectivity index (χ0v) is 11.1. The second kappa shape index (κ2) is 6.08. The minimum atomic E-state index is 0.397. The third kappa shape index (κ3) is 2.95. The summed E-state index contributed by atoms with van der Waals surface area (Å²) in [6.45, 7) is 0.714. The SMILES string of the molecule is N#Cc1ccc(NC2CCCCC2CN)c(Cl)c1. The Labute approximate surface area is 113 Å². The summed E-state index contributed by atoms with van der Waals surface area (Å²) in [6, 6.07) is 7.85. The number of anilines is 1. The number of nitrogens with one attached hydrogen (secondary N) is 1. The van der Waals surface area contributed by atoms with Crippen molar-refractivity contribution in [1.82, 2.24) is 0 Å². The summed E-state index contributed by atoms with van der Waals surface area (Å²) in [5.74, 6) is 0.519. The Hall–Kier alpha value is -1.24. The zero-order valence-electron chi connectivity index (χ0n) is 10.3. The maximum Gasteiger partial charge on any atom is 0.0992 e. The van der Waals surface area contributed by atoms with Crippen LogP contribution in [0.1, 0.15) is 31.2 Å². The molecule has 0 saturated heterocycles. The number of benzene rings is 1. The van der Waals surface area contributed by atoms with Gasteiger partial charge in [0.15, 0.2) is 0 Å². The summed E-state index contributed by atoms with van der Waals surface area (Å²) in [5.41, 5.74) is 7.31. The van der Waals surface area contributed by atoms with Crippen molar-refractivity contribution in [3.63, 3.8) is 0 Å². The molecule has 18 heavy (non-hydrogen) atoms. The van der Waals surface area contributed by atoms with E-state index in [-0.39, 0.29) is 0 Å². The Bertz CT molecular complexity index is 453. The molecule has 2 unspecified atom stereocenters. The number of halogens is 1. The van der Waals surface area contributed by atoms with Crippen molar-refractivity contribution in [2.24, 2.45) is 11.7 Å². The van der Waals surface area contributed by atoms with E-state index in [1.54, 1.807) is 12.1 Å². The molecule has 3 N–H and O–H groups in total. The van der Waals surface area contributed by atoms with Gasteiger partial charge in [-0.2, -0.15) is 5.26 Å². The van der Waals surface area contributed by atoms with E-state index in [1.807, 2.05) is 6.07 Å². The molecule has 2 atom stereocenters. The fourth-order valence-corrected chi connectivity index (χ4v) is 2.82. The summed E-state index contributed by atoms with van der Waals surface area (Å²) >= 11 is 6.17. The van der Waals surface area contributed by atoms with Crippen LogP contribution in [0.5, 0.6) is 0 Å². The molecule has 4 heteroatoms. The molecule has 96 valence electrons. The number of nitrogens with zero attached hydrogens (tertiary/aromatic N) is 1. The minimum absolute atomic E-state index is 0.397. The van der Waals surface area contributed by atoms with Crippen LogP contribution in [-0.4, -0.2) is 12.6 Å². The van der Waals surface area contributed by atoms with Gasteiger partial charge in [0.2, 0.25) is 0 Å². The van der Waals surface area contributed by atoms with Crippen LogP contribution in [0.4, 0.5) is 5.69 Å². The summed E-state index contributed by atoms with van der Waals surface area (Å²) < 4.78 is 0. The van der Waals surface area contributed by atoms with Crippen molar-refractivity contribution in [3.05, 3.63) is 28.8 Å². The first-order chi connectivity index (χ1) is 8.74. The van der Waals surface area contributed by atoms with E-state index in [0.717, 1.165) is 12.1 Å². The van der Waals surface area contributed by atoms with Gasteiger partial charge in [-0.1, -0.05) is 24.4 Å². The predicted molar refractivity (Wildman–Crippen MR) is 74.6 cm³/mol. The van der Waals surface area contributed by atoms with E-state index in [4.69, 9.17) is 22.6 Å². The lowest BCUT2D eigenvalue weighted by Gasteiger charge is -2.32. The third-order valence-corrected chi connectivity index (χ3v) is 3.96. The smallest absolute Gasteiger partial charge is 0.0992 e. The van der Waals surface area contributed by atoms with Crippen molar-refractivity contribution in [2.75, 3.05) is 11.9 Å². The maximum absolute atomic E-state index is 8.81. The number of hydrogen-bond donors (Lipinski definition) is 2. The molecule has 1 fully saturated rings. The van der Waals surface area contributed by atoms with Gasteiger partial charge in [0, 0.05) is 6.04 Å².